The van der Waals surface area contributed by atoms with Crippen molar-refractivity contribution in [2.75, 3.05) is 12.5 Å². The van der Waals surface area contributed by atoms with Gasteiger partial charge >= 0.3 is 5.97 Å². The lowest BCUT2D eigenvalue weighted by Crippen LogP contribution is -2.27. The number of nitrogens with two attached hydrogens (primary N) is 1. The summed E-state index contributed by atoms with van der Waals surface area (Å²) in [6.07, 6.45) is 0. The van der Waals surface area contributed by atoms with Crippen molar-refractivity contribution in [1.29, 1.82) is 5.26 Å². The smallest absolute Gasteiger partial charge is 0.338 e. The first-order valence-corrected chi connectivity index (χ1v) is 9.85. The quantitative estimate of drug-likeness (QED) is 0.438. The molecule has 2 aromatic rings. The molecule has 0 amide bonds. The molecule has 2 N–H and O–H groups in total. The number of allylic oxidation sites excluding steroid dienone is 2. The molecule has 0 spiro atoms. The van der Waals surface area contributed by atoms with Crippen LogP contribution in [0.15, 0.2) is 41.0 Å². The van der Waals surface area contributed by atoms with Crippen molar-refractivity contribution in [1.82, 2.24) is 4.98 Å². The zero-order chi connectivity index (χ0) is 21.3. The van der Waals surface area contributed by atoms with E-state index in [1.807, 2.05) is 38.1 Å². The number of alkyl halides is 1. The molecule has 1 aromatic carbocycles. The van der Waals surface area contributed by atoms with Crippen LogP contribution in [0.1, 0.15) is 29.5 Å². The van der Waals surface area contributed by atoms with Crippen molar-refractivity contribution >= 4 is 40.1 Å². The van der Waals surface area contributed by atoms with Gasteiger partial charge in [-0.05, 0) is 38.0 Å². The minimum absolute atomic E-state index is 0.0498. The Labute approximate surface area is 178 Å². The summed E-state index contributed by atoms with van der Waals surface area (Å²) in [7, 11) is 0. The van der Waals surface area contributed by atoms with Crippen molar-refractivity contribution in [3.8, 4) is 6.07 Å². The summed E-state index contributed by atoms with van der Waals surface area (Å²) in [6.45, 7) is 5.78. The van der Waals surface area contributed by atoms with Crippen molar-refractivity contribution in [3.05, 3.63) is 62.8 Å². The van der Waals surface area contributed by atoms with E-state index in [1.165, 1.54) is 0 Å². The first kappa shape index (κ1) is 21.0. The lowest BCUT2D eigenvalue weighted by molar-refractivity contribution is -0.139. The Bertz CT molecular complexity index is 1120. The first-order chi connectivity index (χ1) is 13.8. The van der Waals surface area contributed by atoms with Crippen LogP contribution in [0.2, 0.25) is 5.15 Å². The molecule has 0 fully saturated rings. The Kier molecular flexibility index (Phi) is 6.02. The molecule has 1 aliphatic rings. The Morgan fingerprint density at radius 1 is 1.41 bits per heavy atom. The summed E-state index contributed by atoms with van der Waals surface area (Å²) in [5, 5.41) is 10.7. The van der Waals surface area contributed by atoms with Gasteiger partial charge in [0.15, 0.2) is 0 Å². The minimum Gasteiger partial charge on any atom is -0.463 e. The average Bonchev–Trinajstić information content (AvgIpc) is 2.70. The third-order valence-corrected chi connectivity index (χ3v) is 5.46. The van der Waals surface area contributed by atoms with Crippen LogP contribution in [0.4, 0.5) is 0 Å². The number of carbonyl (C=O) groups is 1. The van der Waals surface area contributed by atoms with Crippen LogP contribution >= 0.6 is 23.2 Å². The molecule has 0 saturated carbocycles. The summed E-state index contributed by atoms with van der Waals surface area (Å²) >= 11 is 12.5. The number of aryl methyl sites for hydroxylation is 2. The molecule has 29 heavy (non-hydrogen) atoms. The molecule has 0 aliphatic carbocycles. The van der Waals surface area contributed by atoms with E-state index in [1.54, 1.807) is 6.92 Å². The van der Waals surface area contributed by atoms with Gasteiger partial charge in [0.2, 0.25) is 5.88 Å². The monoisotopic (exact) mass is 431 g/mol. The molecule has 150 valence electrons. The van der Waals surface area contributed by atoms with Crippen molar-refractivity contribution in [3.63, 3.8) is 0 Å². The summed E-state index contributed by atoms with van der Waals surface area (Å²) in [5.74, 6) is -1.67. The van der Waals surface area contributed by atoms with Gasteiger partial charge in [-0.15, -0.1) is 11.6 Å². The SMILES string of the molecule is CCOC(=O)C1=C(CCl)OC(N)=C(C#N)[C@H]1c1cc2ccc(C)c(C)c2nc1Cl. The molecule has 6 nitrogen and oxygen atoms in total. The molecule has 0 bridgehead atoms. The molecule has 1 atom stereocenters. The predicted molar refractivity (Wildman–Crippen MR) is 111 cm³/mol. The Morgan fingerprint density at radius 3 is 2.76 bits per heavy atom. The normalized spacial score (nSPS) is 16.6. The number of fused-ring (bicyclic) bond motifs is 1. The molecule has 2 heterocycles. The number of hydrogen-bond donors (Lipinski definition) is 1. The van der Waals surface area contributed by atoms with Gasteiger partial charge in [0.05, 0.1) is 29.5 Å². The number of ether oxygens (including phenoxy) is 2. The lowest BCUT2D eigenvalue weighted by atomic mass is 9.83. The second-order valence-electron chi connectivity index (χ2n) is 6.56. The van der Waals surface area contributed by atoms with Crippen LogP contribution in [0.3, 0.4) is 0 Å². The third kappa shape index (κ3) is 3.64. The number of nitriles is 1. The minimum atomic E-state index is -0.896. The summed E-state index contributed by atoms with van der Waals surface area (Å²) in [4.78, 5) is 17.3. The van der Waals surface area contributed by atoms with Gasteiger partial charge in [0.25, 0.3) is 0 Å². The second-order valence-corrected chi connectivity index (χ2v) is 7.19. The Morgan fingerprint density at radius 2 is 2.14 bits per heavy atom. The third-order valence-electron chi connectivity index (χ3n) is 4.92. The van der Waals surface area contributed by atoms with Crippen molar-refractivity contribution < 1.29 is 14.3 Å². The highest BCUT2D eigenvalue weighted by Gasteiger charge is 2.38. The van der Waals surface area contributed by atoms with E-state index in [9.17, 15) is 10.1 Å². The number of pyridine rings is 1. The van der Waals surface area contributed by atoms with Crippen LogP contribution in [-0.2, 0) is 14.3 Å². The zero-order valence-electron chi connectivity index (χ0n) is 16.2. The highest BCUT2D eigenvalue weighted by molar-refractivity contribution is 6.31. The molecule has 8 heteroatoms. The van der Waals surface area contributed by atoms with Crippen LogP contribution in [0.5, 0.6) is 0 Å². The van der Waals surface area contributed by atoms with E-state index in [2.05, 4.69) is 4.98 Å². The van der Waals surface area contributed by atoms with Crippen molar-refractivity contribution in [2.24, 2.45) is 5.73 Å². The van der Waals surface area contributed by atoms with Gasteiger partial charge < -0.3 is 15.2 Å². The van der Waals surface area contributed by atoms with Crippen LogP contribution in [0, 0.1) is 25.2 Å². The van der Waals surface area contributed by atoms with E-state index in [-0.39, 0.29) is 40.4 Å². The Balaban J connectivity index is 2.31. The number of nitrogens with zero attached hydrogens (tertiary/aromatic N) is 2. The number of aromatic nitrogens is 1. The maximum atomic E-state index is 12.7. The maximum Gasteiger partial charge on any atom is 0.338 e. The number of rotatable bonds is 4. The van der Waals surface area contributed by atoms with Gasteiger partial charge in [-0.1, -0.05) is 23.7 Å². The van der Waals surface area contributed by atoms with E-state index >= 15 is 0 Å². The van der Waals surface area contributed by atoms with E-state index < -0.39 is 11.9 Å². The second kappa shape index (κ2) is 8.32. The van der Waals surface area contributed by atoms with Crippen LogP contribution < -0.4 is 5.73 Å². The zero-order valence-corrected chi connectivity index (χ0v) is 17.7. The molecule has 1 aliphatic heterocycles. The summed E-state index contributed by atoms with van der Waals surface area (Å²) < 4.78 is 10.6. The molecule has 0 radical (unpaired) electrons. The largest absolute Gasteiger partial charge is 0.463 e. The standard InChI is InChI=1S/C21H19Cl2N3O3/c1-4-28-21(27)17-15(8-22)29-20(25)14(9-24)16(17)13-7-12-6-5-10(2)11(3)18(12)26-19(13)23/h5-7,16H,4,8,25H2,1-3H3/t16-/m1/s1. The van der Waals surface area contributed by atoms with Crippen LogP contribution in [-0.4, -0.2) is 23.4 Å². The van der Waals surface area contributed by atoms with Gasteiger partial charge in [-0.2, -0.15) is 5.26 Å². The fourth-order valence-electron chi connectivity index (χ4n) is 3.34. The number of halogens is 2. The Hall–Kier alpha value is -2.75. The summed E-state index contributed by atoms with van der Waals surface area (Å²) in [5.41, 5.74) is 9.39. The van der Waals surface area contributed by atoms with Crippen molar-refractivity contribution in [2.45, 2.75) is 26.7 Å². The van der Waals surface area contributed by atoms with Gasteiger partial charge in [-0.3, -0.25) is 0 Å². The highest BCUT2D eigenvalue weighted by atomic mass is 35.5. The number of esters is 1. The topological polar surface area (TPSA) is 98.2 Å². The fourth-order valence-corrected chi connectivity index (χ4v) is 3.79. The average molecular weight is 432 g/mol. The van der Waals surface area contributed by atoms with E-state index in [0.29, 0.717) is 5.56 Å². The van der Waals surface area contributed by atoms with Gasteiger partial charge in [-0.25, -0.2) is 9.78 Å². The van der Waals surface area contributed by atoms with E-state index in [4.69, 9.17) is 38.4 Å². The lowest BCUT2D eigenvalue weighted by Gasteiger charge is -2.28. The number of hydrogen-bond acceptors (Lipinski definition) is 6. The molecule has 3 rings (SSSR count). The van der Waals surface area contributed by atoms with Gasteiger partial charge in [0, 0.05) is 10.9 Å². The number of benzene rings is 1. The predicted octanol–water partition coefficient (Wildman–Crippen LogP) is 4.37. The fraction of sp³-hybridized carbons (Fsp3) is 0.286. The maximum absolute atomic E-state index is 12.7. The molecule has 0 saturated heterocycles. The molecule has 1 aromatic heterocycles. The molecular weight excluding hydrogens is 413 g/mol. The van der Waals surface area contributed by atoms with E-state index in [0.717, 1.165) is 22.0 Å². The van der Waals surface area contributed by atoms with Crippen LogP contribution in [0.25, 0.3) is 10.9 Å². The molecule has 0 unspecified atom stereocenters. The summed E-state index contributed by atoms with van der Waals surface area (Å²) in [6, 6.07) is 7.73. The first-order valence-electron chi connectivity index (χ1n) is 8.94. The highest BCUT2D eigenvalue weighted by Crippen LogP contribution is 2.43. The molecular formula is C21H19Cl2N3O3. The number of carbonyl (C=O) groups excluding carboxylic acids is 1. The van der Waals surface area contributed by atoms with Gasteiger partial charge in [0.1, 0.15) is 22.6 Å².